The Bertz CT molecular complexity index is 448. The van der Waals surface area contributed by atoms with Crippen molar-refractivity contribution >= 4 is 0 Å². The van der Waals surface area contributed by atoms with Crippen molar-refractivity contribution in [3.05, 3.63) is 54.4 Å². The maximum absolute atomic E-state index is 5.56. The van der Waals surface area contributed by atoms with Crippen LogP contribution in [0.25, 0.3) is 11.1 Å². The van der Waals surface area contributed by atoms with Gasteiger partial charge in [-0.1, -0.05) is 30.3 Å². The third kappa shape index (κ3) is 3.40. The van der Waals surface area contributed by atoms with E-state index in [1.165, 1.54) is 11.1 Å². The van der Waals surface area contributed by atoms with Crippen molar-refractivity contribution in [3.63, 3.8) is 0 Å². The summed E-state index contributed by atoms with van der Waals surface area (Å²) in [6.45, 7) is 4.76. The minimum absolute atomic E-state index is 0.271. The van der Waals surface area contributed by atoms with E-state index in [4.69, 9.17) is 4.74 Å². The average Bonchev–Trinajstić information content (AvgIpc) is 2.38. The van der Waals surface area contributed by atoms with Crippen molar-refractivity contribution < 1.29 is 4.74 Å². The number of rotatable bonds is 4. The number of hydrogen-bond donors (Lipinski definition) is 0. The fourth-order valence-electron chi connectivity index (χ4n) is 1.59. The lowest BCUT2D eigenvalue weighted by atomic mass is 10.1. The van der Waals surface area contributed by atoms with E-state index in [9.17, 15) is 0 Å². The van der Waals surface area contributed by atoms with Gasteiger partial charge in [-0.15, -0.1) is 0 Å². The molecule has 1 aromatic heterocycles. The molecule has 0 aliphatic rings. The predicted molar refractivity (Wildman–Crippen MR) is 69.6 cm³/mol. The van der Waals surface area contributed by atoms with Crippen LogP contribution in [0.3, 0.4) is 0 Å². The summed E-state index contributed by atoms with van der Waals surface area (Å²) < 4.78 is 5.56. The van der Waals surface area contributed by atoms with Crippen molar-refractivity contribution in [2.75, 3.05) is 0 Å². The first kappa shape index (κ1) is 11.8. The van der Waals surface area contributed by atoms with Gasteiger partial charge in [0.1, 0.15) is 0 Å². The molecule has 2 rings (SSSR count). The molecule has 17 heavy (non-hydrogen) atoms. The summed E-state index contributed by atoms with van der Waals surface area (Å²) in [5.41, 5.74) is 3.53. The first-order valence-electron chi connectivity index (χ1n) is 5.86. The molecule has 0 unspecified atom stereocenters. The van der Waals surface area contributed by atoms with Gasteiger partial charge in [-0.25, -0.2) is 0 Å². The van der Waals surface area contributed by atoms with Gasteiger partial charge in [-0.3, -0.25) is 4.98 Å². The largest absolute Gasteiger partial charge is 0.374 e. The molecule has 2 nitrogen and oxygen atoms in total. The highest BCUT2D eigenvalue weighted by atomic mass is 16.5. The molecule has 1 aromatic carbocycles. The van der Waals surface area contributed by atoms with Crippen molar-refractivity contribution in [2.45, 2.75) is 26.6 Å². The Morgan fingerprint density at radius 1 is 1.06 bits per heavy atom. The minimum Gasteiger partial charge on any atom is -0.374 e. The molecule has 0 fully saturated rings. The van der Waals surface area contributed by atoms with Crippen LogP contribution in [-0.2, 0) is 11.3 Å². The lowest BCUT2D eigenvalue weighted by molar-refractivity contribution is 0.0657. The van der Waals surface area contributed by atoms with Gasteiger partial charge in [-0.2, -0.15) is 0 Å². The molecule has 0 saturated carbocycles. The molecule has 2 heteroatoms. The highest BCUT2D eigenvalue weighted by Gasteiger charge is 1.99. The van der Waals surface area contributed by atoms with Crippen molar-refractivity contribution in [1.82, 2.24) is 4.98 Å². The van der Waals surface area contributed by atoms with Crippen LogP contribution in [0.5, 0.6) is 0 Å². The summed E-state index contributed by atoms with van der Waals surface area (Å²) in [5, 5.41) is 0. The maximum Gasteiger partial charge on any atom is 0.0720 e. The number of benzene rings is 1. The third-order valence-corrected chi connectivity index (χ3v) is 2.53. The first-order chi connectivity index (χ1) is 8.25. The van der Waals surface area contributed by atoms with Gasteiger partial charge in [0.15, 0.2) is 0 Å². The van der Waals surface area contributed by atoms with Crippen LogP contribution < -0.4 is 0 Å². The molecule has 0 amide bonds. The van der Waals surface area contributed by atoms with E-state index >= 15 is 0 Å². The van der Waals surface area contributed by atoms with Gasteiger partial charge in [0.25, 0.3) is 0 Å². The highest BCUT2D eigenvalue weighted by molar-refractivity contribution is 5.62. The lowest BCUT2D eigenvalue weighted by Gasteiger charge is -2.08. The summed E-state index contributed by atoms with van der Waals surface area (Å²) in [6.07, 6.45) is 3.93. The highest BCUT2D eigenvalue weighted by Crippen LogP contribution is 2.18. The van der Waals surface area contributed by atoms with E-state index in [-0.39, 0.29) is 6.10 Å². The van der Waals surface area contributed by atoms with Gasteiger partial charge in [0.2, 0.25) is 0 Å². The third-order valence-electron chi connectivity index (χ3n) is 2.53. The second-order valence-electron chi connectivity index (χ2n) is 4.30. The predicted octanol–water partition coefficient (Wildman–Crippen LogP) is 3.67. The van der Waals surface area contributed by atoms with E-state index in [0.29, 0.717) is 6.61 Å². The number of nitrogens with zero attached hydrogens (tertiary/aromatic N) is 1. The van der Waals surface area contributed by atoms with Crippen LogP contribution in [-0.4, -0.2) is 11.1 Å². The molecule has 0 spiro atoms. The molecule has 88 valence electrons. The second kappa shape index (κ2) is 5.60. The van der Waals surface area contributed by atoms with Crippen LogP contribution in [0, 0.1) is 0 Å². The van der Waals surface area contributed by atoms with Crippen LogP contribution in [0.15, 0.2) is 48.8 Å². The SMILES string of the molecule is CC(C)OCc1ccc(-c2cccnc2)cc1. The zero-order chi connectivity index (χ0) is 12.1. The fraction of sp³-hybridized carbons (Fsp3) is 0.267. The smallest absolute Gasteiger partial charge is 0.0720 e. The topological polar surface area (TPSA) is 22.1 Å². The molecule has 0 aliphatic heterocycles. The van der Waals surface area contributed by atoms with Crippen molar-refractivity contribution in [1.29, 1.82) is 0 Å². The molecule has 0 atom stereocenters. The number of hydrogen-bond acceptors (Lipinski definition) is 2. The zero-order valence-electron chi connectivity index (χ0n) is 10.3. The van der Waals surface area contributed by atoms with E-state index in [1.54, 1.807) is 6.20 Å². The van der Waals surface area contributed by atoms with Gasteiger partial charge < -0.3 is 4.74 Å². The van der Waals surface area contributed by atoms with Crippen LogP contribution >= 0.6 is 0 Å². The maximum atomic E-state index is 5.56. The zero-order valence-corrected chi connectivity index (χ0v) is 10.3. The molecule has 1 heterocycles. The second-order valence-corrected chi connectivity index (χ2v) is 4.30. The number of ether oxygens (including phenoxy) is 1. The van der Waals surface area contributed by atoms with Crippen LogP contribution in [0.4, 0.5) is 0 Å². The van der Waals surface area contributed by atoms with E-state index < -0.39 is 0 Å². The fourth-order valence-corrected chi connectivity index (χ4v) is 1.59. The molecule has 0 bridgehead atoms. The minimum atomic E-state index is 0.271. The van der Waals surface area contributed by atoms with E-state index in [1.807, 2.05) is 26.1 Å². The number of pyridine rings is 1. The Labute approximate surface area is 102 Å². The molecule has 0 saturated heterocycles. The Kier molecular flexibility index (Phi) is 3.89. The van der Waals surface area contributed by atoms with Crippen LogP contribution in [0.1, 0.15) is 19.4 Å². The molecule has 0 radical (unpaired) electrons. The van der Waals surface area contributed by atoms with Crippen molar-refractivity contribution in [3.8, 4) is 11.1 Å². The number of aromatic nitrogens is 1. The van der Waals surface area contributed by atoms with E-state index in [2.05, 4.69) is 35.3 Å². The Morgan fingerprint density at radius 2 is 1.82 bits per heavy atom. The molecule has 0 aliphatic carbocycles. The van der Waals surface area contributed by atoms with Gasteiger partial charge in [0.05, 0.1) is 12.7 Å². The average molecular weight is 227 g/mol. The quantitative estimate of drug-likeness (QED) is 0.795. The molecular weight excluding hydrogens is 210 g/mol. The Hall–Kier alpha value is -1.67. The molecule has 2 aromatic rings. The monoisotopic (exact) mass is 227 g/mol. The summed E-state index contributed by atoms with van der Waals surface area (Å²) in [6, 6.07) is 12.4. The van der Waals surface area contributed by atoms with Crippen molar-refractivity contribution in [2.24, 2.45) is 0 Å². The van der Waals surface area contributed by atoms with Crippen LogP contribution in [0.2, 0.25) is 0 Å². The molecular formula is C15H17NO. The van der Waals surface area contributed by atoms with Gasteiger partial charge in [-0.05, 0) is 36.6 Å². The first-order valence-corrected chi connectivity index (χ1v) is 5.86. The molecule has 0 N–H and O–H groups in total. The summed E-state index contributed by atoms with van der Waals surface area (Å²) in [5.74, 6) is 0. The van der Waals surface area contributed by atoms with Gasteiger partial charge in [0, 0.05) is 12.4 Å². The summed E-state index contributed by atoms with van der Waals surface area (Å²) in [4.78, 5) is 4.12. The van der Waals surface area contributed by atoms with Gasteiger partial charge >= 0.3 is 0 Å². The lowest BCUT2D eigenvalue weighted by Crippen LogP contribution is -2.01. The Balaban J connectivity index is 2.08. The summed E-state index contributed by atoms with van der Waals surface area (Å²) >= 11 is 0. The van der Waals surface area contributed by atoms with E-state index in [0.717, 1.165) is 5.56 Å². The summed E-state index contributed by atoms with van der Waals surface area (Å²) in [7, 11) is 0. The standard InChI is InChI=1S/C15H17NO/c1-12(2)17-11-13-5-7-14(8-6-13)15-4-3-9-16-10-15/h3-10,12H,11H2,1-2H3. The normalized spacial score (nSPS) is 10.8. The Morgan fingerprint density at radius 3 is 2.41 bits per heavy atom.